The van der Waals surface area contributed by atoms with Crippen molar-refractivity contribution in [2.45, 2.75) is 64.2 Å². The van der Waals surface area contributed by atoms with Gasteiger partial charge in [-0.05, 0) is 12.8 Å². The fraction of sp³-hybridized carbons (Fsp3) is 0.500. The molecule has 0 saturated carbocycles. The Labute approximate surface area is 147 Å². The van der Waals surface area contributed by atoms with Crippen molar-refractivity contribution in [3.8, 4) is 0 Å². The van der Waals surface area contributed by atoms with E-state index in [-0.39, 0.29) is 26.2 Å². The van der Waals surface area contributed by atoms with Gasteiger partial charge in [-0.2, -0.15) is 45.5 Å². The zero-order valence-corrected chi connectivity index (χ0v) is 15.3. The summed E-state index contributed by atoms with van der Waals surface area (Å²) in [4.78, 5) is 0. The maximum absolute atomic E-state index is 2.48. The summed E-state index contributed by atoms with van der Waals surface area (Å²) in [5.74, 6) is 0. The summed E-state index contributed by atoms with van der Waals surface area (Å²) in [7, 11) is 0. The molecule has 2 aromatic rings. The predicted molar refractivity (Wildman–Crippen MR) is 84.8 cm³/mol. The zero-order chi connectivity index (χ0) is 13.4. The summed E-state index contributed by atoms with van der Waals surface area (Å²) < 4.78 is 0. The summed E-state index contributed by atoms with van der Waals surface area (Å²) in [6.07, 6.45) is 13.3. The number of hydrogen-bond donors (Lipinski definition) is 0. The van der Waals surface area contributed by atoms with Crippen molar-refractivity contribution >= 4 is 0 Å². The first-order valence-corrected chi connectivity index (χ1v) is 8.43. The first-order chi connectivity index (χ1) is 9.88. The smallest absolute Gasteiger partial charge is 0.207 e. The average Bonchev–Trinajstić information content (AvgIpc) is 3.07. The van der Waals surface area contributed by atoms with Gasteiger partial charge in [-0.25, -0.2) is 12.1 Å². The van der Waals surface area contributed by atoms with Crippen molar-refractivity contribution in [1.29, 1.82) is 0 Å². The van der Waals surface area contributed by atoms with Gasteiger partial charge >= 0.3 is 26.2 Å². The second kappa shape index (κ2) is 6.78. The van der Waals surface area contributed by atoms with Crippen LogP contribution >= 0.6 is 0 Å². The van der Waals surface area contributed by atoms with Crippen molar-refractivity contribution in [1.82, 2.24) is 0 Å². The van der Waals surface area contributed by atoms with E-state index in [2.05, 4.69) is 24.3 Å². The summed E-state index contributed by atoms with van der Waals surface area (Å²) in [6.45, 7) is 0. The molecular formula is C20H24Zr. The molecule has 2 aromatic carbocycles. The molecule has 1 heteroatoms. The molecule has 2 aliphatic rings. The Kier molecular flexibility index (Phi) is 5.00. The summed E-state index contributed by atoms with van der Waals surface area (Å²) in [6, 6.07) is 9.93. The van der Waals surface area contributed by atoms with Gasteiger partial charge in [-0.1, -0.05) is 51.4 Å². The van der Waals surface area contributed by atoms with Crippen molar-refractivity contribution in [3.05, 3.63) is 57.6 Å². The number of rotatable bonds is 3. The molecule has 0 saturated heterocycles. The second-order valence-electron chi connectivity index (χ2n) is 6.74. The van der Waals surface area contributed by atoms with Crippen LogP contribution in [0.5, 0.6) is 0 Å². The van der Waals surface area contributed by atoms with Crippen molar-refractivity contribution < 1.29 is 26.2 Å². The van der Waals surface area contributed by atoms with Crippen LogP contribution in [0.4, 0.5) is 0 Å². The van der Waals surface area contributed by atoms with Crippen LogP contribution in [0.25, 0.3) is 0 Å². The van der Waals surface area contributed by atoms with Crippen LogP contribution in [0.2, 0.25) is 0 Å². The normalized spacial score (nSPS) is 17.0. The van der Waals surface area contributed by atoms with Gasteiger partial charge in [0.05, 0.1) is 0 Å². The van der Waals surface area contributed by atoms with E-state index in [4.69, 9.17) is 0 Å². The molecule has 0 atom stereocenters. The van der Waals surface area contributed by atoms with E-state index in [0.717, 1.165) is 0 Å². The summed E-state index contributed by atoms with van der Waals surface area (Å²) in [5.41, 5.74) is 9.74. The minimum absolute atomic E-state index is 0. The van der Waals surface area contributed by atoms with Crippen LogP contribution in [-0.4, -0.2) is 0 Å². The van der Waals surface area contributed by atoms with E-state index < -0.39 is 0 Å². The Morgan fingerprint density at radius 2 is 1.10 bits per heavy atom. The molecule has 0 aliphatic heterocycles. The predicted octanol–water partition coefficient (Wildman–Crippen LogP) is 4.66. The van der Waals surface area contributed by atoms with Crippen LogP contribution in [0.15, 0.2) is 24.3 Å². The monoisotopic (exact) mass is 354 g/mol. The van der Waals surface area contributed by atoms with Crippen LogP contribution in [-0.2, 0) is 64.7 Å². The Balaban J connectivity index is 0.00000132. The third kappa shape index (κ3) is 3.34. The van der Waals surface area contributed by atoms with Gasteiger partial charge in [0.1, 0.15) is 0 Å². The third-order valence-electron chi connectivity index (χ3n) is 5.25. The zero-order valence-electron chi connectivity index (χ0n) is 12.9. The minimum atomic E-state index is 0. The van der Waals surface area contributed by atoms with E-state index >= 15 is 0 Å². The third-order valence-corrected chi connectivity index (χ3v) is 5.25. The molecule has 0 radical (unpaired) electrons. The van der Waals surface area contributed by atoms with E-state index in [1.54, 1.807) is 33.4 Å². The van der Waals surface area contributed by atoms with Crippen molar-refractivity contribution in [3.63, 3.8) is 0 Å². The number of fused-ring (bicyclic) bond motifs is 2. The SMILES string of the molecule is [Zr+2].c1c(CCc2cc3c([cH-]2)CCCC3)[cH-]c2c1CCCC2. The molecule has 0 aromatic heterocycles. The average molecular weight is 356 g/mol. The number of aryl methyl sites for hydroxylation is 6. The van der Waals surface area contributed by atoms with Gasteiger partial charge in [-0.15, -0.1) is 0 Å². The fourth-order valence-corrected chi connectivity index (χ4v) is 4.12. The maximum Gasteiger partial charge on any atom is 2.00 e. The topological polar surface area (TPSA) is 0 Å². The Hall–Kier alpha value is -0.417. The molecule has 0 nitrogen and oxygen atoms in total. The Bertz CT molecular complexity index is 498. The van der Waals surface area contributed by atoms with Crippen LogP contribution in [0.1, 0.15) is 59.1 Å². The molecule has 0 fully saturated rings. The first-order valence-electron chi connectivity index (χ1n) is 8.43. The second-order valence-corrected chi connectivity index (χ2v) is 6.74. The van der Waals surface area contributed by atoms with Gasteiger partial charge < -0.3 is 0 Å². The molecule has 2 aliphatic carbocycles. The molecular weight excluding hydrogens is 331 g/mol. The maximum atomic E-state index is 2.48. The molecule has 0 unspecified atom stereocenters. The largest absolute Gasteiger partial charge is 2.00 e. The van der Waals surface area contributed by atoms with Gasteiger partial charge in [0.15, 0.2) is 0 Å². The molecule has 108 valence electrons. The summed E-state index contributed by atoms with van der Waals surface area (Å²) in [5, 5.41) is 0. The van der Waals surface area contributed by atoms with Crippen LogP contribution < -0.4 is 0 Å². The van der Waals surface area contributed by atoms with E-state index in [1.165, 1.54) is 64.2 Å². The molecule has 4 rings (SSSR count). The standard InChI is InChI=1S/C20H24.Zr/c1-2-6-18-12-15(11-17(18)5-1)9-10-16-13-19-7-3-4-8-20(19)14-16;/h11-14H,1-10H2;/q-2;+2. The van der Waals surface area contributed by atoms with Crippen LogP contribution in [0, 0.1) is 0 Å². The van der Waals surface area contributed by atoms with Gasteiger partial charge in [0.2, 0.25) is 0 Å². The van der Waals surface area contributed by atoms with E-state index in [1.807, 2.05) is 0 Å². The van der Waals surface area contributed by atoms with Gasteiger partial charge in [0, 0.05) is 0 Å². The first kappa shape index (κ1) is 15.5. The molecule has 0 bridgehead atoms. The Morgan fingerprint density at radius 1 is 0.667 bits per heavy atom. The fourth-order valence-electron chi connectivity index (χ4n) is 4.12. The number of hydrogen-bond acceptors (Lipinski definition) is 0. The van der Waals surface area contributed by atoms with E-state index in [0.29, 0.717) is 0 Å². The van der Waals surface area contributed by atoms with E-state index in [9.17, 15) is 0 Å². The van der Waals surface area contributed by atoms with Crippen molar-refractivity contribution in [2.24, 2.45) is 0 Å². The quantitative estimate of drug-likeness (QED) is 0.702. The molecule has 0 amide bonds. The van der Waals surface area contributed by atoms with Crippen molar-refractivity contribution in [2.75, 3.05) is 0 Å². The molecule has 0 N–H and O–H groups in total. The van der Waals surface area contributed by atoms with Crippen LogP contribution in [0.3, 0.4) is 0 Å². The van der Waals surface area contributed by atoms with Gasteiger partial charge in [0.25, 0.3) is 0 Å². The Morgan fingerprint density at radius 3 is 1.52 bits per heavy atom. The molecule has 0 spiro atoms. The molecule has 21 heavy (non-hydrogen) atoms. The molecule has 0 heterocycles. The summed E-state index contributed by atoms with van der Waals surface area (Å²) >= 11 is 0. The minimum Gasteiger partial charge on any atom is -0.207 e. The van der Waals surface area contributed by atoms with Gasteiger partial charge in [-0.3, -0.25) is 0 Å².